The summed E-state index contributed by atoms with van der Waals surface area (Å²) in [6, 6.07) is 0. The largest absolute Gasteiger partial charge is 0.396 e. The molecule has 0 radical (unpaired) electrons. The minimum Gasteiger partial charge on any atom is -0.396 e. The molecule has 0 aliphatic heterocycles. The second-order valence-corrected chi connectivity index (χ2v) is 10.5. The predicted octanol–water partition coefficient (Wildman–Crippen LogP) is 3.31. The van der Waals surface area contributed by atoms with Gasteiger partial charge in [0.1, 0.15) is 0 Å². The van der Waals surface area contributed by atoms with Crippen LogP contribution in [0.25, 0.3) is 0 Å². The number of aliphatic hydroxyl groups excluding tert-OH is 1. The van der Waals surface area contributed by atoms with Crippen molar-refractivity contribution in [2.24, 2.45) is 11.3 Å². The van der Waals surface area contributed by atoms with Gasteiger partial charge in [0.25, 0.3) is 0 Å². The highest BCUT2D eigenvalue weighted by molar-refractivity contribution is 14.1. The van der Waals surface area contributed by atoms with Crippen LogP contribution in [0.3, 0.4) is 0 Å². The van der Waals surface area contributed by atoms with Gasteiger partial charge in [0, 0.05) is 13.5 Å². The van der Waals surface area contributed by atoms with E-state index < -0.39 is 0 Å². The average molecular weight is 418 g/mol. The van der Waals surface area contributed by atoms with Crippen LogP contribution in [-0.4, -0.2) is 18.6 Å². The van der Waals surface area contributed by atoms with Gasteiger partial charge < -0.3 is 5.11 Å². The average Bonchev–Trinajstić information content (AvgIpc) is 1.97. The van der Waals surface area contributed by atoms with Gasteiger partial charge in [-0.3, -0.25) is 0 Å². The number of rotatable bonds is 1. The summed E-state index contributed by atoms with van der Waals surface area (Å²) in [7, 11) is 0. The summed E-state index contributed by atoms with van der Waals surface area (Å²) in [5.74, 6) is 0.909. The van der Waals surface area contributed by atoms with Crippen molar-refractivity contribution in [3.63, 3.8) is 0 Å². The number of hydrogen-bond donors (Lipinski definition) is 1. The molecule has 4 aliphatic rings. The maximum atomic E-state index is 9.65. The van der Waals surface area contributed by atoms with Crippen molar-refractivity contribution in [2.45, 2.75) is 45.4 Å². The number of alkyl halides is 2. The van der Waals surface area contributed by atoms with Gasteiger partial charge >= 0.3 is 0 Å². The van der Waals surface area contributed by atoms with Gasteiger partial charge in [-0.15, -0.1) is 0 Å². The van der Waals surface area contributed by atoms with E-state index in [1.54, 1.807) is 0 Å². The first-order valence-corrected chi connectivity index (χ1v) is 7.61. The van der Waals surface area contributed by atoms with Gasteiger partial charge in [-0.2, -0.15) is 0 Å². The molecule has 1 N–H and O–H groups in total. The molecular weight excluding hydrogens is 402 g/mol. The Kier molecular flexibility index (Phi) is 2.26. The van der Waals surface area contributed by atoms with E-state index in [0.29, 0.717) is 18.9 Å². The normalized spacial score (nSPS) is 60.6. The highest BCUT2D eigenvalue weighted by Crippen LogP contribution is 2.68. The van der Waals surface area contributed by atoms with Gasteiger partial charge in [0.2, 0.25) is 0 Å². The Balaban J connectivity index is 2.01. The molecule has 0 spiro atoms. The second kappa shape index (κ2) is 3.00. The van der Waals surface area contributed by atoms with Crippen LogP contribution in [0.2, 0.25) is 0 Å². The molecule has 3 heteroatoms. The quantitative estimate of drug-likeness (QED) is 0.512. The van der Waals surface area contributed by atoms with Gasteiger partial charge in [0.05, 0.1) is 0 Å². The zero-order chi connectivity index (χ0) is 10.0. The van der Waals surface area contributed by atoms with Crippen LogP contribution in [0.5, 0.6) is 0 Å². The Hall–Kier alpha value is 1.42. The van der Waals surface area contributed by atoms with Crippen molar-refractivity contribution in [1.29, 1.82) is 0 Å². The summed E-state index contributed by atoms with van der Waals surface area (Å²) in [6.45, 7) is 0.430. The van der Waals surface area contributed by atoms with E-state index >= 15 is 0 Å². The van der Waals surface area contributed by atoms with Crippen LogP contribution < -0.4 is 0 Å². The third-order valence-electron chi connectivity index (χ3n) is 4.38. The van der Waals surface area contributed by atoms with Gasteiger partial charge in [-0.1, -0.05) is 45.2 Å². The summed E-state index contributed by atoms with van der Waals surface area (Å²) in [5.41, 5.74) is 0.307. The van der Waals surface area contributed by atoms with Crippen molar-refractivity contribution in [3.8, 4) is 0 Å². The van der Waals surface area contributed by atoms with Crippen molar-refractivity contribution in [3.05, 3.63) is 0 Å². The molecule has 0 saturated heterocycles. The van der Waals surface area contributed by atoms with Crippen molar-refractivity contribution in [1.82, 2.24) is 0 Å². The first kappa shape index (κ1) is 10.6. The van der Waals surface area contributed by atoms with Crippen molar-refractivity contribution < 1.29 is 5.11 Å². The summed E-state index contributed by atoms with van der Waals surface area (Å²) in [6.07, 6.45) is 8.08. The van der Waals surface area contributed by atoms with Gasteiger partial charge in [-0.25, -0.2) is 0 Å². The van der Waals surface area contributed by atoms with E-state index in [0.717, 1.165) is 5.92 Å². The molecule has 0 aromatic rings. The Bertz CT molecular complexity index is 260. The van der Waals surface area contributed by atoms with Gasteiger partial charge in [0.15, 0.2) is 0 Å². The van der Waals surface area contributed by atoms with Crippen molar-refractivity contribution in [2.75, 3.05) is 6.61 Å². The standard InChI is InChI=1S/C11H16I2O/c12-10-2-8-1-9(4-10,7-14)5-11(13,3-8)6-10/h8,14H,1-7H2. The summed E-state index contributed by atoms with van der Waals surface area (Å²) in [4.78, 5) is 0. The zero-order valence-corrected chi connectivity index (χ0v) is 12.5. The molecule has 2 unspecified atom stereocenters. The van der Waals surface area contributed by atoms with E-state index in [4.69, 9.17) is 0 Å². The Morgan fingerprint density at radius 3 is 2.00 bits per heavy atom. The predicted molar refractivity (Wildman–Crippen MR) is 74.2 cm³/mol. The highest BCUT2D eigenvalue weighted by Gasteiger charge is 2.61. The zero-order valence-electron chi connectivity index (χ0n) is 8.23. The smallest absolute Gasteiger partial charge is 0.0488 e. The van der Waals surface area contributed by atoms with E-state index in [9.17, 15) is 5.11 Å². The molecule has 4 rings (SSSR count). The monoisotopic (exact) mass is 418 g/mol. The fourth-order valence-electron chi connectivity index (χ4n) is 4.57. The second-order valence-electron chi connectivity index (χ2n) is 5.97. The molecule has 80 valence electrons. The maximum Gasteiger partial charge on any atom is 0.0488 e. The van der Waals surface area contributed by atoms with E-state index in [-0.39, 0.29) is 0 Å². The lowest BCUT2D eigenvalue weighted by Gasteiger charge is -2.63. The molecule has 1 nitrogen and oxygen atoms in total. The summed E-state index contributed by atoms with van der Waals surface area (Å²) in [5, 5.41) is 9.65. The molecular formula is C11H16I2O. The number of aliphatic hydroxyl groups is 1. The van der Waals surface area contributed by atoms with Crippen LogP contribution in [0.15, 0.2) is 0 Å². The minimum atomic E-state index is 0.307. The fourth-order valence-corrected chi connectivity index (χ4v) is 9.63. The third kappa shape index (κ3) is 1.48. The molecule has 0 heterocycles. The Labute approximate surface area is 113 Å². The van der Waals surface area contributed by atoms with Crippen LogP contribution in [0, 0.1) is 11.3 Å². The van der Waals surface area contributed by atoms with Crippen molar-refractivity contribution >= 4 is 45.2 Å². The molecule has 4 saturated carbocycles. The molecule has 14 heavy (non-hydrogen) atoms. The van der Waals surface area contributed by atoms with Crippen LogP contribution >= 0.6 is 45.2 Å². The lowest BCUT2D eigenvalue weighted by molar-refractivity contribution is -0.0448. The summed E-state index contributed by atoms with van der Waals surface area (Å²) < 4.78 is 1.06. The Morgan fingerprint density at radius 1 is 1.00 bits per heavy atom. The minimum absolute atomic E-state index is 0.307. The SMILES string of the molecule is OCC12CC3CC(I)(CC(I)(C3)C1)C2. The topological polar surface area (TPSA) is 20.2 Å². The molecule has 4 aliphatic carbocycles. The van der Waals surface area contributed by atoms with E-state index in [1.807, 2.05) is 0 Å². The lowest BCUT2D eigenvalue weighted by Crippen LogP contribution is -2.59. The van der Waals surface area contributed by atoms with Crippen LogP contribution in [-0.2, 0) is 0 Å². The number of halogens is 2. The Morgan fingerprint density at radius 2 is 1.57 bits per heavy atom. The molecule has 0 aromatic heterocycles. The van der Waals surface area contributed by atoms with Crippen LogP contribution in [0.1, 0.15) is 38.5 Å². The molecule has 0 amide bonds. The van der Waals surface area contributed by atoms with E-state index in [2.05, 4.69) is 45.2 Å². The van der Waals surface area contributed by atoms with E-state index in [1.165, 1.54) is 38.5 Å². The molecule has 2 atom stereocenters. The first-order chi connectivity index (χ1) is 6.47. The lowest BCUT2D eigenvalue weighted by atomic mass is 9.50. The highest BCUT2D eigenvalue weighted by atomic mass is 127. The van der Waals surface area contributed by atoms with Gasteiger partial charge in [-0.05, 0) is 49.9 Å². The molecule has 0 aromatic carbocycles. The fraction of sp³-hybridized carbons (Fsp3) is 1.00. The third-order valence-corrected chi connectivity index (χ3v) is 6.79. The number of hydrogen-bond acceptors (Lipinski definition) is 1. The summed E-state index contributed by atoms with van der Waals surface area (Å²) >= 11 is 5.39. The molecule has 4 bridgehead atoms. The maximum absolute atomic E-state index is 9.65. The molecule has 4 fully saturated rings. The van der Waals surface area contributed by atoms with Crippen LogP contribution in [0.4, 0.5) is 0 Å². The first-order valence-electron chi connectivity index (χ1n) is 5.45.